The zero-order valence-electron chi connectivity index (χ0n) is 14.8. The van der Waals surface area contributed by atoms with E-state index in [1.54, 1.807) is 4.90 Å². The van der Waals surface area contributed by atoms with Crippen LogP contribution in [-0.2, 0) is 0 Å². The van der Waals surface area contributed by atoms with Crippen LogP contribution in [0.5, 0.6) is 5.75 Å². The number of para-hydroxylation sites is 1. The summed E-state index contributed by atoms with van der Waals surface area (Å²) >= 11 is 0. The quantitative estimate of drug-likeness (QED) is 0.742. The first kappa shape index (κ1) is 17.5. The van der Waals surface area contributed by atoms with E-state index in [2.05, 4.69) is 4.98 Å². The van der Waals surface area contributed by atoms with Gasteiger partial charge in [-0.3, -0.25) is 4.79 Å². The van der Waals surface area contributed by atoms with Gasteiger partial charge >= 0.3 is 0 Å². The van der Waals surface area contributed by atoms with Gasteiger partial charge in [0.25, 0.3) is 5.91 Å². The number of amides is 1. The summed E-state index contributed by atoms with van der Waals surface area (Å²) < 4.78 is 18.6. The molecule has 0 spiro atoms. The number of piperidine rings is 1. The SMILES string of the molecule is O=C(c1cc2ccccc2[nH]1)N1CCCC(O)(COc2ccc(F)cc2)C1. The van der Waals surface area contributed by atoms with Gasteiger partial charge in [-0.25, -0.2) is 4.39 Å². The van der Waals surface area contributed by atoms with E-state index in [0.29, 0.717) is 30.8 Å². The van der Waals surface area contributed by atoms with Crippen molar-refractivity contribution in [2.75, 3.05) is 19.7 Å². The largest absolute Gasteiger partial charge is 0.491 e. The number of hydrogen-bond donors (Lipinski definition) is 2. The number of carbonyl (C=O) groups is 1. The molecule has 140 valence electrons. The second-order valence-corrected chi connectivity index (χ2v) is 7.07. The first-order chi connectivity index (χ1) is 13.0. The highest BCUT2D eigenvalue weighted by molar-refractivity contribution is 5.98. The summed E-state index contributed by atoms with van der Waals surface area (Å²) in [5.74, 6) is 0.0174. The third-order valence-corrected chi connectivity index (χ3v) is 4.92. The van der Waals surface area contributed by atoms with E-state index in [4.69, 9.17) is 4.74 Å². The van der Waals surface area contributed by atoms with Gasteiger partial charge in [-0.15, -0.1) is 0 Å². The van der Waals surface area contributed by atoms with Gasteiger partial charge in [0.15, 0.2) is 0 Å². The van der Waals surface area contributed by atoms with Gasteiger partial charge in [-0.05, 0) is 49.2 Å². The predicted octanol–water partition coefficient (Wildman–Crippen LogP) is 3.35. The van der Waals surface area contributed by atoms with Crippen molar-refractivity contribution in [3.05, 3.63) is 66.1 Å². The number of carbonyl (C=O) groups excluding carboxylic acids is 1. The number of nitrogens with one attached hydrogen (secondary N) is 1. The number of ether oxygens (including phenoxy) is 1. The molecule has 1 aliphatic rings. The summed E-state index contributed by atoms with van der Waals surface area (Å²) in [5, 5.41) is 11.9. The normalized spacial score (nSPS) is 20.0. The molecule has 1 fully saturated rings. The second kappa shape index (κ2) is 7.04. The Hall–Kier alpha value is -2.86. The lowest BCUT2D eigenvalue weighted by Crippen LogP contribution is -2.53. The number of aromatic amines is 1. The number of aromatic nitrogens is 1. The van der Waals surface area contributed by atoms with Gasteiger partial charge in [-0.2, -0.15) is 0 Å². The molecule has 2 N–H and O–H groups in total. The molecule has 2 aromatic carbocycles. The Labute approximate surface area is 156 Å². The number of aliphatic hydroxyl groups is 1. The van der Waals surface area contributed by atoms with Crippen LogP contribution >= 0.6 is 0 Å². The number of H-pyrrole nitrogens is 1. The maximum Gasteiger partial charge on any atom is 0.270 e. The third kappa shape index (κ3) is 3.80. The summed E-state index contributed by atoms with van der Waals surface area (Å²) in [4.78, 5) is 17.7. The number of benzene rings is 2. The molecule has 1 atom stereocenters. The Bertz CT molecular complexity index is 920. The zero-order chi connectivity index (χ0) is 18.9. The van der Waals surface area contributed by atoms with E-state index in [0.717, 1.165) is 10.9 Å². The van der Waals surface area contributed by atoms with Gasteiger partial charge in [0, 0.05) is 17.4 Å². The van der Waals surface area contributed by atoms with E-state index in [9.17, 15) is 14.3 Å². The molecule has 1 aliphatic heterocycles. The molecular formula is C21H21FN2O3. The molecule has 0 bridgehead atoms. The fourth-order valence-corrected chi connectivity index (χ4v) is 3.51. The lowest BCUT2D eigenvalue weighted by atomic mass is 9.93. The molecule has 6 heteroatoms. The molecule has 1 aromatic heterocycles. The van der Waals surface area contributed by atoms with Crippen molar-refractivity contribution >= 4 is 16.8 Å². The van der Waals surface area contributed by atoms with Crippen LogP contribution in [0, 0.1) is 5.82 Å². The number of rotatable bonds is 4. The number of fused-ring (bicyclic) bond motifs is 1. The van der Waals surface area contributed by atoms with Crippen molar-refractivity contribution in [1.82, 2.24) is 9.88 Å². The Morgan fingerprint density at radius 1 is 1.22 bits per heavy atom. The Morgan fingerprint density at radius 2 is 2.00 bits per heavy atom. The topological polar surface area (TPSA) is 65.6 Å². The minimum Gasteiger partial charge on any atom is -0.491 e. The highest BCUT2D eigenvalue weighted by Gasteiger charge is 2.36. The molecule has 5 nitrogen and oxygen atoms in total. The van der Waals surface area contributed by atoms with Crippen molar-refractivity contribution in [1.29, 1.82) is 0 Å². The molecular weight excluding hydrogens is 347 g/mol. The van der Waals surface area contributed by atoms with Crippen molar-refractivity contribution < 1.29 is 19.0 Å². The first-order valence-electron chi connectivity index (χ1n) is 9.00. The summed E-state index contributed by atoms with van der Waals surface area (Å²) in [6, 6.07) is 15.2. The van der Waals surface area contributed by atoms with E-state index in [1.165, 1.54) is 24.3 Å². The molecule has 3 aromatic rings. The molecule has 1 saturated heterocycles. The number of likely N-dealkylation sites (tertiary alicyclic amines) is 1. The molecule has 2 heterocycles. The van der Waals surface area contributed by atoms with E-state index < -0.39 is 5.60 Å². The predicted molar refractivity (Wildman–Crippen MR) is 100 cm³/mol. The van der Waals surface area contributed by atoms with Crippen LogP contribution in [0.15, 0.2) is 54.6 Å². The smallest absolute Gasteiger partial charge is 0.270 e. The van der Waals surface area contributed by atoms with Gasteiger partial charge in [0.05, 0.1) is 6.54 Å². The van der Waals surface area contributed by atoms with Crippen LogP contribution in [0.25, 0.3) is 10.9 Å². The molecule has 0 radical (unpaired) electrons. The highest BCUT2D eigenvalue weighted by atomic mass is 19.1. The van der Waals surface area contributed by atoms with Crippen LogP contribution in [0.3, 0.4) is 0 Å². The van der Waals surface area contributed by atoms with Crippen LogP contribution in [0.2, 0.25) is 0 Å². The summed E-state index contributed by atoms with van der Waals surface area (Å²) in [7, 11) is 0. The van der Waals surface area contributed by atoms with Gasteiger partial charge < -0.3 is 19.7 Å². The minimum absolute atomic E-state index is 0.0507. The Morgan fingerprint density at radius 3 is 2.78 bits per heavy atom. The fraction of sp³-hybridized carbons (Fsp3) is 0.286. The summed E-state index contributed by atoms with van der Waals surface area (Å²) in [6.07, 6.45) is 1.24. The molecule has 0 aliphatic carbocycles. The maximum atomic E-state index is 13.0. The van der Waals surface area contributed by atoms with Crippen molar-refractivity contribution in [2.24, 2.45) is 0 Å². The third-order valence-electron chi connectivity index (χ3n) is 4.92. The molecule has 4 rings (SSSR count). The van der Waals surface area contributed by atoms with Gasteiger partial charge in [0.1, 0.15) is 29.5 Å². The number of β-amino-alcohol motifs (C(OH)–C–C–N with tert-alkyl or cyclic N) is 1. The highest BCUT2D eigenvalue weighted by Crippen LogP contribution is 2.25. The van der Waals surface area contributed by atoms with Gasteiger partial charge in [0.2, 0.25) is 0 Å². The molecule has 1 amide bonds. The van der Waals surface area contributed by atoms with Crippen molar-refractivity contribution in [3.63, 3.8) is 0 Å². The average Bonchev–Trinajstić information content (AvgIpc) is 3.11. The van der Waals surface area contributed by atoms with Crippen molar-refractivity contribution in [2.45, 2.75) is 18.4 Å². The number of nitrogens with zero attached hydrogens (tertiary/aromatic N) is 1. The maximum absolute atomic E-state index is 13.0. The Balaban J connectivity index is 1.44. The first-order valence-corrected chi connectivity index (χ1v) is 9.00. The van der Waals surface area contributed by atoms with E-state index in [1.807, 2.05) is 30.3 Å². The van der Waals surface area contributed by atoms with Crippen LogP contribution in [-0.4, -0.2) is 46.2 Å². The average molecular weight is 368 g/mol. The zero-order valence-corrected chi connectivity index (χ0v) is 14.8. The fourth-order valence-electron chi connectivity index (χ4n) is 3.51. The van der Waals surface area contributed by atoms with Crippen LogP contribution < -0.4 is 4.74 Å². The molecule has 1 unspecified atom stereocenters. The van der Waals surface area contributed by atoms with E-state index >= 15 is 0 Å². The second-order valence-electron chi connectivity index (χ2n) is 7.07. The molecule has 27 heavy (non-hydrogen) atoms. The van der Waals surface area contributed by atoms with Gasteiger partial charge in [-0.1, -0.05) is 18.2 Å². The standard InChI is InChI=1S/C21H21FN2O3/c22-16-6-8-17(9-7-16)27-14-21(26)10-3-11-24(13-21)20(25)19-12-15-4-1-2-5-18(15)23-19/h1-2,4-9,12,23,26H,3,10-11,13-14H2. The minimum atomic E-state index is -1.13. The summed E-state index contributed by atoms with van der Waals surface area (Å²) in [5.41, 5.74) is 0.293. The van der Waals surface area contributed by atoms with Crippen LogP contribution in [0.1, 0.15) is 23.3 Å². The lowest BCUT2D eigenvalue weighted by Gasteiger charge is -2.38. The Kier molecular flexibility index (Phi) is 4.58. The molecule has 0 saturated carbocycles. The van der Waals surface area contributed by atoms with Crippen LogP contribution in [0.4, 0.5) is 4.39 Å². The monoisotopic (exact) mass is 368 g/mol. The number of hydrogen-bond acceptors (Lipinski definition) is 3. The van der Waals surface area contributed by atoms with Crippen molar-refractivity contribution in [3.8, 4) is 5.75 Å². The number of halogens is 1. The van der Waals surface area contributed by atoms with E-state index in [-0.39, 0.29) is 24.9 Å². The summed E-state index contributed by atoms with van der Waals surface area (Å²) in [6.45, 7) is 0.838. The lowest BCUT2D eigenvalue weighted by molar-refractivity contribution is -0.0532.